The first kappa shape index (κ1) is 10.4. The Kier molecular flexibility index (Phi) is 3.54. The van der Waals surface area contributed by atoms with Crippen molar-refractivity contribution in [3.8, 4) is 0 Å². The Hall–Kier alpha value is -1.11. The van der Waals surface area contributed by atoms with Crippen molar-refractivity contribution in [2.45, 2.75) is 32.1 Å². The van der Waals surface area contributed by atoms with Gasteiger partial charge in [0.2, 0.25) is 0 Å². The number of allylic oxidation sites excluding steroid dienone is 6. The van der Waals surface area contributed by atoms with Crippen LogP contribution < -0.4 is 0 Å². The number of hydrogen-bond donors (Lipinski definition) is 0. The molecule has 0 aromatic carbocycles. The first-order valence-electron chi connectivity index (χ1n) is 5.92. The average Bonchev–Trinajstić information content (AvgIpc) is 2.59. The van der Waals surface area contributed by atoms with Gasteiger partial charge in [0.25, 0.3) is 0 Å². The maximum absolute atomic E-state index is 11.9. The maximum atomic E-state index is 11.9. The summed E-state index contributed by atoms with van der Waals surface area (Å²) < 4.78 is 0. The van der Waals surface area contributed by atoms with Gasteiger partial charge in [-0.1, -0.05) is 49.3 Å². The average molecular weight is 202 g/mol. The summed E-state index contributed by atoms with van der Waals surface area (Å²) in [7, 11) is 0. The molecule has 0 aromatic rings. The van der Waals surface area contributed by atoms with E-state index >= 15 is 0 Å². The third kappa shape index (κ3) is 2.68. The van der Waals surface area contributed by atoms with Gasteiger partial charge in [-0.3, -0.25) is 4.79 Å². The van der Waals surface area contributed by atoms with Crippen molar-refractivity contribution < 1.29 is 4.79 Å². The molecule has 0 spiro atoms. The molecule has 1 unspecified atom stereocenters. The van der Waals surface area contributed by atoms with Crippen LogP contribution in [-0.2, 0) is 4.79 Å². The Bertz CT molecular complexity index is 293. The van der Waals surface area contributed by atoms with Crippen LogP contribution >= 0.6 is 0 Å². The van der Waals surface area contributed by atoms with Crippen molar-refractivity contribution in [2.24, 2.45) is 11.8 Å². The molecule has 0 amide bonds. The molecule has 1 heteroatoms. The minimum absolute atomic E-state index is 0.236. The Labute approximate surface area is 91.6 Å². The minimum Gasteiger partial charge on any atom is -0.299 e. The van der Waals surface area contributed by atoms with Gasteiger partial charge in [-0.15, -0.1) is 0 Å². The lowest BCUT2D eigenvalue weighted by Gasteiger charge is -2.18. The molecule has 0 heterocycles. The first-order valence-corrected chi connectivity index (χ1v) is 5.92. The summed E-state index contributed by atoms with van der Waals surface area (Å²) in [5.41, 5.74) is 0. The molecule has 0 saturated heterocycles. The topological polar surface area (TPSA) is 17.1 Å². The van der Waals surface area contributed by atoms with Gasteiger partial charge in [0, 0.05) is 18.3 Å². The van der Waals surface area contributed by atoms with E-state index in [-0.39, 0.29) is 5.92 Å². The van der Waals surface area contributed by atoms with E-state index in [4.69, 9.17) is 0 Å². The number of ketones is 1. The standard InChI is InChI=1S/C14H18O/c15-14-11-7-3-6-10-13(14)12-8-4-1-2-5-9-12/h1-2,4-5,8-9,12-13H,3,6-7,10-11H2. The Morgan fingerprint density at radius 1 is 0.933 bits per heavy atom. The van der Waals surface area contributed by atoms with Gasteiger partial charge in [0.1, 0.15) is 5.78 Å². The minimum atomic E-state index is 0.236. The van der Waals surface area contributed by atoms with Crippen LogP contribution in [0.3, 0.4) is 0 Å². The molecule has 15 heavy (non-hydrogen) atoms. The fourth-order valence-electron chi connectivity index (χ4n) is 2.44. The van der Waals surface area contributed by atoms with E-state index in [0.29, 0.717) is 11.7 Å². The number of rotatable bonds is 1. The molecule has 2 rings (SSSR count). The second-order valence-electron chi connectivity index (χ2n) is 4.40. The summed E-state index contributed by atoms with van der Waals surface area (Å²) in [4.78, 5) is 11.9. The van der Waals surface area contributed by atoms with E-state index in [1.807, 2.05) is 12.2 Å². The summed E-state index contributed by atoms with van der Waals surface area (Å²) in [6, 6.07) is 0. The second-order valence-corrected chi connectivity index (χ2v) is 4.40. The molecule has 0 aromatic heterocycles. The van der Waals surface area contributed by atoms with Crippen molar-refractivity contribution in [3.63, 3.8) is 0 Å². The first-order chi connectivity index (χ1) is 7.38. The molecule has 1 fully saturated rings. The molecule has 1 saturated carbocycles. The molecule has 2 aliphatic carbocycles. The van der Waals surface area contributed by atoms with Crippen LogP contribution in [0.2, 0.25) is 0 Å². The summed E-state index contributed by atoms with van der Waals surface area (Å²) >= 11 is 0. The number of Topliss-reactive ketones (excluding diaryl/α,β-unsaturated/α-hetero) is 1. The monoisotopic (exact) mass is 202 g/mol. The molecule has 1 nitrogen and oxygen atoms in total. The van der Waals surface area contributed by atoms with E-state index in [2.05, 4.69) is 24.3 Å². The molecular formula is C14H18O. The molecule has 0 aliphatic heterocycles. The number of hydrogen-bond acceptors (Lipinski definition) is 1. The summed E-state index contributed by atoms with van der Waals surface area (Å²) in [5.74, 6) is 1.03. The largest absolute Gasteiger partial charge is 0.299 e. The fraction of sp³-hybridized carbons (Fsp3) is 0.500. The number of carbonyl (C=O) groups is 1. The molecule has 1 atom stereocenters. The van der Waals surface area contributed by atoms with Gasteiger partial charge in [-0.05, 0) is 12.8 Å². The molecule has 80 valence electrons. The lowest BCUT2D eigenvalue weighted by Crippen LogP contribution is -2.19. The predicted molar refractivity (Wildman–Crippen MR) is 62.5 cm³/mol. The Morgan fingerprint density at radius 2 is 1.67 bits per heavy atom. The van der Waals surface area contributed by atoms with Crippen molar-refractivity contribution in [1.82, 2.24) is 0 Å². The zero-order valence-electron chi connectivity index (χ0n) is 9.06. The van der Waals surface area contributed by atoms with Crippen molar-refractivity contribution in [1.29, 1.82) is 0 Å². The molecule has 2 aliphatic rings. The van der Waals surface area contributed by atoms with Crippen LogP contribution in [-0.4, -0.2) is 5.78 Å². The summed E-state index contributed by atoms with van der Waals surface area (Å²) in [5, 5.41) is 0. The lowest BCUT2D eigenvalue weighted by molar-refractivity contribution is -0.123. The highest BCUT2D eigenvalue weighted by molar-refractivity contribution is 5.82. The van der Waals surface area contributed by atoms with Gasteiger partial charge in [-0.2, -0.15) is 0 Å². The van der Waals surface area contributed by atoms with Gasteiger partial charge in [0.15, 0.2) is 0 Å². The van der Waals surface area contributed by atoms with E-state index in [1.165, 1.54) is 12.8 Å². The zero-order chi connectivity index (χ0) is 10.5. The Balaban J connectivity index is 2.10. The fourth-order valence-corrected chi connectivity index (χ4v) is 2.44. The van der Waals surface area contributed by atoms with Crippen LogP contribution in [0.5, 0.6) is 0 Å². The van der Waals surface area contributed by atoms with Gasteiger partial charge < -0.3 is 0 Å². The van der Waals surface area contributed by atoms with Crippen LogP contribution in [0.25, 0.3) is 0 Å². The van der Waals surface area contributed by atoms with E-state index in [9.17, 15) is 4.79 Å². The second kappa shape index (κ2) is 5.11. The maximum Gasteiger partial charge on any atom is 0.136 e. The zero-order valence-corrected chi connectivity index (χ0v) is 9.06. The van der Waals surface area contributed by atoms with Crippen LogP contribution in [0.1, 0.15) is 32.1 Å². The lowest BCUT2D eigenvalue weighted by atomic mass is 9.85. The van der Waals surface area contributed by atoms with E-state index in [1.54, 1.807) is 0 Å². The SMILES string of the molecule is O=C1CCCCCC1C1C=CC=CC=C1. The highest BCUT2D eigenvalue weighted by Crippen LogP contribution is 2.28. The normalized spacial score (nSPS) is 27.7. The van der Waals surface area contributed by atoms with Crippen LogP contribution in [0, 0.1) is 11.8 Å². The molecule has 0 radical (unpaired) electrons. The third-order valence-corrected chi connectivity index (χ3v) is 3.32. The van der Waals surface area contributed by atoms with Crippen molar-refractivity contribution >= 4 is 5.78 Å². The number of carbonyl (C=O) groups excluding carboxylic acids is 1. The van der Waals surface area contributed by atoms with Gasteiger partial charge in [-0.25, -0.2) is 0 Å². The third-order valence-electron chi connectivity index (χ3n) is 3.32. The van der Waals surface area contributed by atoms with Crippen LogP contribution in [0.4, 0.5) is 0 Å². The predicted octanol–water partition coefficient (Wildman–Crippen LogP) is 3.43. The van der Waals surface area contributed by atoms with Crippen LogP contribution in [0.15, 0.2) is 36.5 Å². The Morgan fingerprint density at radius 3 is 2.40 bits per heavy atom. The smallest absolute Gasteiger partial charge is 0.136 e. The van der Waals surface area contributed by atoms with Gasteiger partial charge >= 0.3 is 0 Å². The van der Waals surface area contributed by atoms with E-state index in [0.717, 1.165) is 19.3 Å². The highest BCUT2D eigenvalue weighted by atomic mass is 16.1. The highest BCUT2D eigenvalue weighted by Gasteiger charge is 2.25. The quantitative estimate of drug-likeness (QED) is 0.595. The molecule has 0 N–H and O–H groups in total. The van der Waals surface area contributed by atoms with Crippen molar-refractivity contribution in [3.05, 3.63) is 36.5 Å². The summed E-state index contributed by atoms with van der Waals surface area (Å²) in [6.07, 6.45) is 17.9. The van der Waals surface area contributed by atoms with Gasteiger partial charge in [0.05, 0.1) is 0 Å². The summed E-state index contributed by atoms with van der Waals surface area (Å²) in [6.45, 7) is 0. The molecular weight excluding hydrogens is 184 g/mol. The van der Waals surface area contributed by atoms with Crippen molar-refractivity contribution in [2.75, 3.05) is 0 Å². The van der Waals surface area contributed by atoms with E-state index < -0.39 is 0 Å². The molecule has 0 bridgehead atoms.